The number of hydrogen-bond acceptors (Lipinski definition) is 4. The standard InChI is InChI=1S/C15H11N3O3/c19-15-13-4-2-1-3-12(13)14(16-17-15)9-10-5-7-11(8-6-10)18(20)21/h1-8H,9H2,(H,17,19). The molecular formula is C15H11N3O3. The summed E-state index contributed by atoms with van der Waals surface area (Å²) < 4.78 is 0. The highest BCUT2D eigenvalue weighted by Gasteiger charge is 2.08. The molecule has 0 saturated heterocycles. The molecule has 0 unspecified atom stereocenters. The van der Waals surface area contributed by atoms with Gasteiger partial charge in [0, 0.05) is 23.9 Å². The van der Waals surface area contributed by atoms with Gasteiger partial charge in [0.1, 0.15) is 0 Å². The number of rotatable bonds is 3. The van der Waals surface area contributed by atoms with Gasteiger partial charge in [0.05, 0.1) is 16.0 Å². The molecule has 2 aromatic carbocycles. The summed E-state index contributed by atoms with van der Waals surface area (Å²) in [7, 11) is 0. The minimum atomic E-state index is -0.433. The molecule has 0 amide bonds. The van der Waals surface area contributed by atoms with Crippen molar-refractivity contribution in [2.24, 2.45) is 0 Å². The summed E-state index contributed by atoms with van der Waals surface area (Å²) in [5.74, 6) is 0. The SMILES string of the molecule is O=c1[nH]nc(Cc2ccc([N+](=O)[O-])cc2)c2ccccc12. The molecule has 104 valence electrons. The van der Waals surface area contributed by atoms with Gasteiger partial charge in [-0.05, 0) is 11.6 Å². The Morgan fingerprint density at radius 1 is 1.05 bits per heavy atom. The first-order chi connectivity index (χ1) is 10.1. The zero-order valence-corrected chi connectivity index (χ0v) is 10.9. The number of aromatic amines is 1. The van der Waals surface area contributed by atoms with Crippen LogP contribution in [0.3, 0.4) is 0 Å². The summed E-state index contributed by atoms with van der Waals surface area (Å²) in [6.07, 6.45) is 0.495. The second-order valence-electron chi connectivity index (χ2n) is 4.65. The highest BCUT2D eigenvalue weighted by Crippen LogP contribution is 2.18. The number of non-ortho nitro benzene ring substituents is 1. The van der Waals surface area contributed by atoms with Gasteiger partial charge in [0.2, 0.25) is 0 Å². The van der Waals surface area contributed by atoms with Crippen LogP contribution >= 0.6 is 0 Å². The Bertz CT molecular complexity index is 869. The molecule has 0 fully saturated rings. The van der Waals surface area contributed by atoms with E-state index in [4.69, 9.17) is 0 Å². The van der Waals surface area contributed by atoms with E-state index in [0.717, 1.165) is 16.6 Å². The van der Waals surface area contributed by atoms with Crippen LogP contribution in [0, 0.1) is 10.1 Å². The number of H-pyrrole nitrogens is 1. The molecular weight excluding hydrogens is 270 g/mol. The molecule has 1 aromatic heterocycles. The van der Waals surface area contributed by atoms with Gasteiger partial charge in [-0.15, -0.1) is 0 Å². The molecule has 0 aliphatic carbocycles. The van der Waals surface area contributed by atoms with E-state index in [1.807, 2.05) is 12.1 Å². The van der Waals surface area contributed by atoms with Crippen LogP contribution in [0.4, 0.5) is 5.69 Å². The van der Waals surface area contributed by atoms with E-state index in [9.17, 15) is 14.9 Å². The lowest BCUT2D eigenvalue weighted by Gasteiger charge is -2.04. The van der Waals surface area contributed by atoms with Crippen molar-refractivity contribution in [1.82, 2.24) is 10.2 Å². The van der Waals surface area contributed by atoms with E-state index in [2.05, 4.69) is 10.2 Å². The van der Waals surface area contributed by atoms with E-state index >= 15 is 0 Å². The number of hydrogen-bond donors (Lipinski definition) is 1. The van der Waals surface area contributed by atoms with Gasteiger partial charge in [0.25, 0.3) is 11.2 Å². The number of benzene rings is 2. The van der Waals surface area contributed by atoms with Crippen LogP contribution in [0.2, 0.25) is 0 Å². The quantitative estimate of drug-likeness (QED) is 0.589. The first-order valence-electron chi connectivity index (χ1n) is 6.35. The van der Waals surface area contributed by atoms with E-state index in [0.29, 0.717) is 11.8 Å². The maximum Gasteiger partial charge on any atom is 0.272 e. The lowest BCUT2D eigenvalue weighted by Crippen LogP contribution is -2.11. The predicted molar refractivity (Wildman–Crippen MR) is 78.3 cm³/mol. The fraction of sp³-hybridized carbons (Fsp3) is 0.0667. The Morgan fingerprint density at radius 3 is 2.38 bits per heavy atom. The zero-order chi connectivity index (χ0) is 14.8. The molecule has 0 saturated carbocycles. The third-order valence-corrected chi connectivity index (χ3v) is 3.29. The average molecular weight is 281 g/mol. The van der Waals surface area contributed by atoms with Crippen LogP contribution in [-0.4, -0.2) is 15.1 Å². The monoisotopic (exact) mass is 281 g/mol. The topological polar surface area (TPSA) is 88.9 Å². The summed E-state index contributed by atoms with van der Waals surface area (Å²) in [5.41, 5.74) is 1.46. The maximum absolute atomic E-state index is 11.7. The van der Waals surface area contributed by atoms with E-state index in [1.54, 1.807) is 24.3 Å². The van der Waals surface area contributed by atoms with Crippen molar-refractivity contribution >= 4 is 16.5 Å². The molecule has 0 radical (unpaired) electrons. The molecule has 0 aliphatic heterocycles. The van der Waals surface area contributed by atoms with Crippen LogP contribution in [-0.2, 0) is 6.42 Å². The Hall–Kier alpha value is -3.02. The van der Waals surface area contributed by atoms with Crippen molar-refractivity contribution in [3.05, 3.63) is 80.3 Å². The smallest absolute Gasteiger partial charge is 0.267 e. The van der Waals surface area contributed by atoms with Crippen molar-refractivity contribution in [1.29, 1.82) is 0 Å². The first kappa shape index (κ1) is 13.0. The minimum Gasteiger partial charge on any atom is -0.267 e. The fourth-order valence-corrected chi connectivity index (χ4v) is 2.24. The van der Waals surface area contributed by atoms with E-state index < -0.39 is 4.92 Å². The van der Waals surface area contributed by atoms with Crippen LogP contribution in [0.15, 0.2) is 53.3 Å². The molecule has 6 nitrogen and oxygen atoms in total. The van der Waals surface area contributed by atoms with Crippen LogP contribution < -0.4 is 5.56 Å². The van der Waals surface area contributed by atoms with Crippen molar-refractivity contribution in [2.75, 3.05) is 0 Å². The van der Waals surface area contributed by atoms with Gasteiger partial charge in [-0.2, -0.15) is 5.10 Å². The third kappa shape index (κ3) is 2.51. The molecule has 1 N–H and O–H groups in total. The zero-order valence-electron chi connectivity index (χ0n) is 10.9. The van der Waals surface area contributed by atoms with Gasteiger partial charge in [-0.3, -0.25) is 14.9 Å². The molecule has 6 heteroatoms. The Morgan fingerprint density at radius 2 is 1.71 bits per heavy atom. The number of nitrogens with one attached hydrogen (secondary N) is 1. The minimum absolute atomic E-state index is 0.0537. The molecule has 0 bridgehead atoms. The molecule has 1 heterocycles. The Balaban J connectivity index is 2.00. The summed E-state index contributed by atoms with van der Waals surface area (Å²) >= 11 is 0. The Kier molecular flexibility index (Phi) is 3.19. The molecule has 0 aliphatic rings. The molecule has 3 rings (SSSR count). The molecule has 0 atom stereocenters. The van der Waals surface area contributed by atoms with Gasteiger partial charge in [0.15, 0.2) is 0 Å². The van der Waals surface area contributed by atoms with E-state index in [-0.39, 0.29) is 11.2 Å². The van der Waals surface area contributed by atoms with Crippen LogP contribution in [0.1, 0.15) is 11.3 Å². The van der Waals surface area contributed by atoms with Crippen molar-refractivity contribution < 1.29 is 4.92 Å². The second kappa shape index (κ2) is 5.16. The number of nitro groups is 1. The normalized spacial score (nSPS) is 10.7. The van der Waals surface area contributed by atoms with Gasteiger partial charge in [-0.1, -0.05) is 30.3 Å². The highest BCUT2D eigenvalue weighted by molar-refractivity contribution is 5.83. The lowest BCUT2D eigenvalue weighted by molar-refractivity contribution is -0.384. The molecule has 21 heavy (non-hydrogen) atoms. The molecule has 0 spiro atoms. The number of nitro benzene ring substituents is 1. The summed E-state index contributed by atoms with van der Waals surface area (Å²) in [6, 6.07) is 13.6. The Labute approximate surface area is 119 Å². The van der Waals surface area contributed by atoms with Crippen LogP contribution in [0.5, 0.6) is 0 Å². The average Bonchev–Trinajstić information content (AvgIpc) is 2.51. The second-order valence-corrected chi connectivity index (χ2v) is 4.65. The number of aromatic nitrogens is 2. The van der Waals surface area contributed by atoms with Gasteiger partial charge < -0.3 is 0 Å². The largest absolute Gasteiger partial charge is 0.272 e. The van der Waals surface area contributed by atoms with E-state index in [1.165, 1.54) is 12.1 Å². The predicted octanol–water partition coefficient (Wildman–Crippen LogP) is 2.42. The first-order valence-corrected chi connectivity index (χ1v) is 6.35. The number of nitrogens with zero attached hydrogens (tertiary/aromatic N) is 2. The van der Waals surface area contributed by atoms with Crippen molar-refractivity contribution in [3.63, 3.8) is 0 Å². The van der Waals surface area contributed by atoms with Gasteiger partial charge >= 0.3 is 0 Å². The highest BCUT2D eigenvalue weighted by atomic mass is 16.6. The summed E-state index contributed by atoms with van der Waals surface area (Å²) in [6.45, 7) is 0. The third-order valence-electron chi connectivity index (χ3n) is 3.29. The summed E-state index contributed by atoms with van der Waals surface area (Å²) in [4.78, 5) is 21.9. The van der Waals surface area contributed by atoms with Crippen molar-refractivity contribution in [2.45, 2.75) is 6.42 Å². The summed E-state index contributed by atoms with van der Waals surface area (Å²) in [5, 5.41) is 18.6. The fourth-order valence-electron chi connectivity index (χ4n) is 2.24. The number of fused-ring (bicyclic) bond motifs is 1. The molecule has 3 aromatic rings. The maximum atomic E-state index is 11.7. The van der Waals surface area contributed by atoms with Crippen molar-refractivity contribution in [3.8, 4) is 0 Å². The van der Waals surface area contributed by atoms with Crippen LogP contribution in [0.25, 0.3) is 10.8 Å². The lowest BCUT2D eigenvalue weighted by atomic mass is 10.0. The van der Waals surface area contributed by atoms with Gasteiger partial charge in [-0.25, -0.2) is 5.10 Å².